The number of fused-ring (bicyclic) bond motifs is 1. The third-order valence-electron chi connectivity index (χ3n) is 5.00. The second-order valence-electron chi connectivity index (χ2n) is 6.67. The van der Waals surface area contributed by atoms with Crippen LogP contribution in [0, 0.1) is 5.82 Å². The summed E-state index contributed by atoms with van der Waals surface area (Å²) in [6.45, 7) is 1.27. The van der Waals surface area contributed by atoms with Gasteiger partial charge < -0.3 is 4.90 Å². The minimum absolute atomic E-state index is 0.0489. The number of likely N-dealkylation sites (tertiary alicyclic amines) is 1. The standard InChI is InChI=1S/C20H20FN3O/c21-17-6-2-1-4-15(17)12-14-8-10-24(11-9-14)20(25)19-13-16-5-3-7-18(16)22-23-19/h1-2,4,6,12-13H,3,5,7-11H2. The summed E-state index contributed by atoms with van der Waals surface area (Å²) in [7, 11) is 0. The van der Waals surface area contributed by atoms with E-state index in [0.29, 0.717) is 24.3 Å². The molecule has 1 saturated heterocycles. The SMILES string of the molecule is O=C(c1cc2c(nn1)CCC2)N1CCC(=Cc2ccccc2F)CC1. The number of aryl methyl sites for hydroxylation is 2. The molecule has 0 spiro atoms. The normalized spacial score (nSPS) is 16.7. The van der Waals surface area contributed by atoms with Crippen molar-refractivity contribution in [2.45, 2.75) is 32.1 Å². The number of aromatic nitrogens is 2. The van der Waals surface area contributed by atoms with Gasteiger partial charge in [0, 0.05) is 18.7 Å². The second kappa shape index (κ2) is 6.75. The third kappa shape index (κ3) is 3.31. The molecule has 1 aliphatic carbocycles. The topological polar surface area (TPSA) is 46.1 Å². The minimum atomic E-state index is -0.207. The van der Waals surface area contributed by atoms with E-state index in [1.54, 1.807) is 12.1 Å². The highest BCUT2D eigenvalue weighted by atomic mass is 19.1. The summed E-state index contributed by atoms with van der Waals surface area (Å²) in [6.07, 6.45) is 6.48. The smallest absolute Gasteiger partial charge is 0.274 e. The van der Waals surface area contributed by atoms with Gasteiger partial charge in [0.05, 0.1) is 5.69 Å². The highest BCUT2D eigenvalue weighted by Gasteiger charge is 2.23. The van der Waals surface area contributed by atoms with Gasteiger partial charge in [0.15, 0.2) is 5.69 Å². The first-order valence-corrected chi connectivity index (χ1v) is 8.79. The molecule has 4 rings (SSSR count). The highest BCUT2D eigenvalue weighted by Crippen LogP contribution is 2.23. The molecule has 1 fully saturated rings. The van der Waals surface area contributed by atoms with Crippen LogP contribution < -0.4 is 0 Å². The molecule has 0 saturated carbocycles. The average Bonchev–Trinajstić information content (AvgIpc) is 3.11. The first-order valence-electron chi connectivity index (χ1n) is 8.79. The number of hydrogen-bond acceptors (Lipinski definition) is 3. The Bertz CT molecular complexity index is 837. The molecule has 5 heteroatoms. The Balaban J connectivity index is 1.43. The number of halogens is 1. The van der Waals surface area contributed by atoms with Crippen molar-refractivity contribution < 1.29 is 9.18 Å². The van der Waals surface area contributed by atoms with Crippen molar-refractivity contribution >= 4 is 12.0 Å². The molecule has 2 heterocycles. The predicted molar refractivity (Wildman–Crippen MR) is 93.6 cm³/mol. The van der Waals surface area contributed by atoms with Crippen molar-refractivity contribution in [2.75, 3.05) is 13.1 Å². The molecule has 0 unspecified atom stereocenters. The largest absolute Gasteiger partial charge is 0.337 e. The number of nitrogens with zero attached hydrogens (tertiary/aromatic N) is 3. The lowest BCUT2D eigenvalue weighted by Gasteiger charge is -2.28. The Labute approximate surface area is 146 Å². The second-order valence-corrected chi connectivity index (χ2v) is 6.67. The van der Waals surface area contributed by atoms with Crippen LogP contribution in [0.5, 0.6) is 0 Å². The zero-order valence-electron chi connectivity index (χ0n) is 14.0. The maximum absolute atomic E-state index is 13.8. The number of amides is 1. The van der Waals surface area contributed by atoms with Gasteiger partial charge in [-0.1, -0.05) is 29.8 Å². The Kier molecular flexibility index (Phi) is 4.30. The van der Waals surface area contributed by atoms with Crippen molar-refractivity contribution in [2.24, 2.45) is 0 Å². The van der Waals surface area contributed by atoms with E-state index in [0.717, 1.165) is 43.4 Å². The van der Waals surface area contributed by atoms with Crippen molar-refractivity contribution in [1.82, 2.24) is 15.1 Å². The molecule has 2 aromatic rings. The monoisotopic (exact) mass is 337 g/mol. The molecule has 1 amide bonds. The van der Waals surface area contributed by atoms with Crippen molar-refractivity contribution in [3.05, 3.63) is 64.2 Å². The van der Waals surface area contributed by atoms with Gasteiger partial charge >= 0.3 is 0 Å². The van der Waals surface area contributed by atoms with Crippen LogP contribution in [0.1, 0.15) is 46.6 Å². The van der Waals surface area contributed by atoms with Crippen LogP contribution in [0.3, 0.4) is 0 Å². The van der Waals surface area contributed by atoms with Crippen LogP contribution in [0.4, 0.5) is 4.39 Å². The summed E-state index contributed by atoms with van der Waals surface area (Å²) in [5.41, 5.74) is 4.43. The van der Waals surface area contributed by atoms with Gasteiger partial charge in [-0.05, 0) is 49.8 Å². The Morgan fingerprint density at radius 1 is 1.08 bits per heavy atom. The summed E-state index contributed by atoms with van der Waals surface area (Å²) < 4.78 is 13.8. The molecule has 4 nitrogen and oxygen atoms in total. The molecular formula is C20H20FN3O. The van der Waals surface area contributed by atoms with Crippen LogP contribution in [-0.2, 0) is 12.8 Å². The number of rotatable bonds is 2. The predicted octanol–water partition coefficient (Wildman–Crippen LogP) is 3.42. The Hall–Kier alpha value is -2.56. The summed E-state index contributed by atoms with van der Waals surface area (Å²) in [5.74, 6) is -0.255. The molecule has 128 valence electrons. The van der Waals surface area contributed by atoms with Gasteiger partial charge in [-0.2, -0.15) is 5.10 Å². The number of carbonyl (C=O) groups excluding carboxylic acids is 1. The fourth-order valence-corrected chi connectivity index (χ4v) is 3.55. The fraction of sp³-hybridized carbons (Fsp3) is 0.350. The number of benzene rings is 1. The van der Waals surface area contributed by atoms with Crippen LogP contribution in [0.15, 0.2) is 35.9 Å². The van der Waals surface area contributed by atoms with Crippen molar-refractivity contribution in [1.29, 1.82) is 0 Å². The van der Waals surface area contributed by atoms with E-state index in [-0.39, 0.29) is 11.7 Å². The van der Waals surface area contributed by atoms with Gasteiger partial charge in [-0.3, -0.25) is 4.79 Å². The number of carbonyl (C=O) groups is 1. The minimum Gasteiger partial charge on any atom is -0.337 e. The van der Waals surface area contributed by atoms with E-state index in [9.17, 15) is 9.18 Å². The fourth-order valence-electron chi connectivity index (χ4n) is 3.55. The van der Waals surface area contributed by atoms with Gasteiger partial charge in [0.1, 0.15) is 5.82 Å². The van der Waals surface area contributed by atoms with E-state index in [1.165, 1.54) is 11.6 Å². The molecule has 2 aliphatic rings. The molecule has 25 heavy (non-hydrogen) atoms. The van der Waals surface area contributed by atoms with Crippen LogP contribution in [0.2, 0.25) is 0 Å². The molecule has 1 aromatic heterocycles. The first kappa shape index (κ1) is 15.9. The zero-order valence-corrected chi connectivity index (χ0v) is 14.0. The van der Waals surface area contributed by atoms with Gasteiger partial charge in [-0.25, -0.2) is 4.39 Å². The summed E-state index contributed by atoms with van der Waals surface area (Å²) >= 11 is 0. The van der Waals surface area contributed by atoms with Gasteiger partial charge in [0.2, 0.25) is 0 Å². The lowest BCUT2D eigenvalue weighted by atomic mass is 10.0. The zero-order chi connectivity index (χ0) is 17.2. The molecule has 0 bridgehead atoms. The third-order valence-corrected chi connectivity index (χ3v) is 5.00. The lowest BCUT2D eigenvalue weighted by molar-refractivity contribution is 0.0736. The maximum Gasteiger partial charge on any atom is 0.274 e. The molecule has 0 radical (unpaired) electrons. The van der Waals surface area contributed by atoms with Crippen molar-refractivity contribution in [3.8, 4) is 0 Å². The summed E-state index contributed by atoms with van der Waals surface area (Å²) in [4.78, 5) is 14.5. The Morgan fingerprint density at radius 3 is 2.68 bits per heavy atom. The molecule has 1 aromatic carbocycles. The van der Waals surface area contributed by atoms with E-state index in [4.69, 9.17) is 0 Å². The lowest BCUT2D eigenvalue weighted by Crippen LogP contribution is -2.37. The van der Waals surface area contributed by atoms with E-state index in [2.05, 4.69) is 10.2 Å². The molecule has 1 aliphatic heterocycles. The molecule has 0 N–H and O–H groups in total. The van der Waals surface area contributed by atoms with Gasteiger partial charge in [0.25, 0.3) is 5.91 Å². The summed E-state index contributed by atoms with van der Waals surface area (Å²) in [5, 5.41) is 8.32. The first-order chi connectivity index (χ1) is 12.2. The van der Waals surface area contributed by atoms with E-state index >= 15 is 0 Å². The van der Waals surface area contributed by atoms with E-state index in [1.807, 2.05) is 23.1 Å². The molecule has 0 atom stereocenters. The highest BCUT2D eigenvalue weighted by molar-refractivity contribution is 5.92. The van der Waals surface area contributed by atoms with E-state index < -0.39 is 0 Å². The number of hydrogen-bond donors (Lipinski definition) is 0. The van der Waals surface area contributed by atoms with Crippen LogP contribution in [-0.4, -0.2) is 34.1 Å². The summed E-state index contributed by atoms with van der Waals surface area (Å²) in [6, 6.07) is 8.68. The Morgan fingerprint density at radius 2 is 1.88 bits per heavy atom. The van der Waals surface area contributed by atoms with Crippen molar-refractivity contribution in [3.63, 3.8) is 0 Å². The maximum atomic E-state index is 13.8. The quantitative estimate of drug-likeness (QED) is 0.843. The average molecular weight is 337 g/mol. The molecular weight excluding hydrogens is 317 g/mol. The van der Waals surface area contributed by atoms with Crippen LogP contribution in [0.25, 0.3) is 6.08 Å². The van der Waals surface area contributed by atoms with Gasteiger partial charge in [-0.15, -0.1) is 5.10 Å². The number of piperidine rings is 1. The van der Waals surface area contributed by atoms with Crippen LogP contribution >= 0.6 is 0 Å².